The summed E-state index contributed by atoms with van der Waals surface area (Å²) >= 11 is 0. The monoisotopic (exact) mass is 307 g/mol. The molecule has 0 saturated carbocycles. The molecule has 1 aromatic carbocycles. The SMILES string of the molecule is Cl.O=Cc1cc(/C(=N\O)c2cccnc2)ccc1[N+](=O)[O-]. The summed E-state index contributed by atoms with van der Waals surface area (Å²) in [5.41, 5.74) is 0.703. The molecule has 0 aliphatic carbocycles. The number of nitro benzene ring substituents is 1. The Bertz CT molecular complexity index is 689. The zero-order chi connectivity index (χ0) is 14.5. The first-order chi connectivity index (χ1) is 9.67. The van der Waals surface area contributed by atoms with Crippen molar-refractivity contribution in [1.29, 1.82) is 0 Å². The Balaban J connectivity index is 0.00000220. The van der Waals surface area contributed by atoms with Gasteiger partial charge in [0, 0.05) is 29.6 Å². The number of carbonyl (C=O) groups is 1. The predicted octanol–water partition coefficient (Wildman–Crippen LogP) is 2.45. The number of hydrogen-bond acceptors (Lipinski definition) is 6. The molecule has 0 fully saturated rings. The first-order valence-corrected chi connectivity index (χ1v) is 5.54. The number of nitrogens with zero attached hydrogens (tertiary/aromatic N) is 3. The van der Waals surface area contributed by atoms with Crippen LogP contribution in [0.1, 0.15) is 21.5 Å². The maximum atomic E-state index is 10.9. The van der Waals surface area contributed by atoms with Crippen LogP contribution in [0.4, 0.5) is 5.69 Å². The van der Waals surface area contributed by atoms with Gasteiger partial charge < -0.3 is 5.21 Å². The first kappa shape index (κ1) is 16.3. The average molecular weight is 308 g/mol. The number of nitro groups is 1. The Morgan fingerprint density at radius 1 is 1.33 bits per heavy atom. The molecule has 2 aromatic rings. The number of aromatic nitrogens is 1. The van der Waals surface area contributed by atoms with E-state index in [9.17, 15) is 14.9 Å². The number of hydrogen-bond donors (Lipinski definition) is 1. The van der Waals surface area contributed by atoms with E-state index in [1.807, 2.05) is 0 Å². The van der Waals surface area contributed by atoms with E-state index in [-0.39, 0.29) is 29.4 Å². The lowest BCUT2D eigenvalue weighted by molar-refractivity contribution is -0.385. The van der Waals surface area contributed by atoms with Crippen LogP contribution in [0.15, 0.2) is 47.9 Å². The van der Waals surface area contributed by atoms with Crippen LogP contribution in [0.2, 0.25) is 0 Å². The lowest BCUT2D eigenvalue weighted by atomic mass is 10.0. The van der Waals surface area contributed by atoms with Crippen molar-refractivity contribution in [2.24, 2.45) is 5.16 Å². The highest BCUT2D eigenvalue weighted by molar-refractivity contribution is 6.13. The summed E-state index contributed by atoms with van der Waals surface area (Å²) in [6.45, 7) is 0. The van der Waals surface area contributed by atoms with Crippen LogP contribution in [0, 0.1) is 10.1 Å². The van der Waals surface area contributed by atoms with Crippen molar-refractivity contribution in [2.45, 2.75) is 0 Å². The van der Waals surface area contributed by atoms with Crippen molar-refractivity contribution in [3.63, 3.8) is 0 Å². The summed E-state index contributed by atoms with van der Waals surface area (Å²) in [7, 11) is 0. The van der Waals surface area contributed by atoms with Gasteiger partial charge in [-0.25, -0.2) is 0 Å². The van der Waals surface area contributed by atoms with Gasteiger partial charge in [-0.2, -0.15) is 0 Å². The summed E-state index contributed by atoms with van der Waals surface area (Å²) in [5.74, 6) is 0. The fraction of sp³-hybridized carbons (Fsp3) is 0. The molecule has 0 radical (unpaired) electrons. The van der Waals surface area contributed by atoms with Gasteiger partial charge in [0.1, 0.15) is 5.71 Å². The molecule has 0 aliphatic heterocycles. The van der Waals surface area contributed by atoms with Crippen molar-refractivity contribution in [1.82, 2.24) is 4.98 Å². The Morgan fingerprint density at radius 2 is 2.10 bits per heavy atom. The number of carbonyl (C=O) groups excluding carboxylic acids is 1. The number of rotatable bonds is 4. The molecule has 0 amide bonds. The lowest BCUT2D eigenvalue weighted by Crippen LogP contribution is -2.05. The smallest absolute Gasteiger partial charge is 0.279 e. The van der Waals surface area contributed by atoms with Gasteiger partial charge >= 0.3 is 0 Å². The Labute approximate surface area is 125 Å². The molecule has 0 bridgehead atoms. The maximum Gasteiger partial charge on any atom is 0.279 e. The second kappa shape index (κ2) is 7.11. The van der Waals surface area contributed by atoms with Gasteiger partial charge in [0.15, 0.2) is 6.29 Å². The molecule has 1 aromatic heterocycles. The van der Waals surface area contributed by atoms with E-state index in [1.54, 1.807) is 18.3 Å². The van der Waals surface area contributed by atoms with E-state index in [0.29, 0.717) is 17.4 Å². The van der Waals surface area contributed by atoms with Crippen LogP contribution in [0.5, 0.6) is 0 Å². The van der Waals surface area contributed by atoms with Crippen LogP contribution >= 0.6 is 12.4 Å². The van der Waals surface area contributed by atoms with Crippen molar-refractivity contribution in [2.75, 3.05) is 0 Å². The van der Waals surface area contributed by atoms with Crippen molar-refractivity contribution in [3.8, 4) is 0 Å². The van der Waals surface area contributed by atoms with Gasteiger partial charge in [-0.05, 0) is 24.3 Å². The molecule has 1 N–H and O–H groups in total. The van der Waals surface area contributed by atoms with Crippen LogP contribution in [-0.4, -0.2) is 27.1 Å². The van der Waals surface area contributed by atoms with E-state index >= 15 is 0 Å². The molecule has 21 heavy (non-hydrogen) atoms. The molecular formula is C13H10ClN3O4. The molecule has 0 saturated heterocycles. The van der Waals surface area contributed by atoms with Crippen molar-refractivity contribution < 1.29 is 14.9 Å². The molecule has 0 spiro atoms. The second-order valence-corrected chi connectivity index (χ2v) is 3.84. The number of benzene rings is 1. The molecule has 2 rings (SSSR count). The van der Waals surface area contributed by atoms with Gasteiger partial charge in [-0.15, -0.1) is 12.4 Å². The summed E-state index contributed by atoms with van der Waals surface area (Å²) in [4.78, 5) is 24.9. The van der Waals surface area contributed by atoms with Crippen LogP contribution < -0.4 is 0 Å². The zero-order valence-corrected chi connectivity index (χ0v) is 11.4. The van der Waals surface area contributed by atoms with Crippen molar-refractivity contribution >= 4 is 30.1 Å². The third-order valence-electron chi connectivity index (χ3n) is 2.66. The number of halogens is 1. The number of aldehydes is 1. The molecular weight excluding hydrogens is 298 g/mol. The highest BCUT2D eigenvalue weighted by atomic mass is 35.5. The van der Waals surface area contributed by atoms with Gasteiger partial charge in [0.2, 0.25) is 0 Å². The van der Waals surface area contributed by atoms with Crippen molar-refractivity contribution in [3.05, 3.63) is 69.5 Å². The van der Waals surface area contributed by atoms with E-state index in [4.69, 9.17) is 5.21 Å². The summed E-state index contributed by atoms with van der Waals surface area (Å²) in [6.07, 6.45) is 3.43. The quantitative estimate of drug-likeness (QED) is 0.307. The third kappa shape index (κ3) is 3.40. The van der Waals surface area contributed by atoms with Gasteiger partial charge in [0.25, 0.3) is 5.69 Å². The summed E-state index contributed by atoms with van der Waals surface area (Å²) < 4.78 is 0. The number of oxime groups is 1. The van der Waals surface area contributed by atoms with Gasteiger partial charge in [-0.1, -0.05) is 5.16 Å². The normalized spacial score (nSPS) is 10.6. The van der Waals surface area contributed by atoms with Crippen LogP contribution in [0.3, 0.4) is 0 Å². The lowest BCUT2D eigenvalue weighted by Gasteiger charge is -2.05. The fourth-order valence-corrected chi connectivity index (χ4v) is 1.75. The minimum absolute atomic E-state index is 0. The number of pyridine rings is 1. The van der Waals surface area contributed by atoms with E-state index in [2.05, 4.69) is 10.1 Å². The fourth-order valence-electron chi connectivity index (χ4n) is 1.75. The van der Waals surface area contributed by atoms with Gasteiger partial charge in [0.05, 0.1) is 10.5 Å². The van der Waals surface area contributed by atoms with Crippen LogP contribution in [0.25, 0.3) is 0 Å². The molecule has 108 valence electrons. The highest BCUT2D eigenvalue weighted by Gasteiger charge is 2.16. The standard InChI is InChI=1S/C13H9N3O4.ClH/c17-8-11-6-9(3-4-12(11)16(19)20)13(15-18)10-2-1-5-14-7-10;/h1-8,18H;1H/b15-13+;. The van der Waals surface area contributed by atoms with E-state index in [0.717, 1.165) is 0 Å². The highest BCUT2D eigenvalue weighted by Crippen LogP contribution is 2.20. The second-order valence-electron chi connectivity index (χ2n) is 3.84. The molecule has 0 unspecified atom stereocenters. The van der Waals surface area contributed by atoms with E-state index < -0.39 is 4.92 Å². The molecule has 8 heteroatoms. The summed E-state index contributed by atoms with van der Waals surface area (Å²) in [6, 6.07) is 7.23. The average Bonchev–Trinajstić information content (AvgIpc) is 2.48. The third-order valence-corrected chi connectivity index (χ3v) is 2.66. The minimum atomic E-state index is -0.645. The Hall–Kier alpha value is -2.80. The molecule has 7 nitrogen and oxygen atoms in total. The largest absolute Gasteiger partial charge is 0.410 e. The molecule has 0 atom stereocenters. The maximum absolute atomic E-state index is 10.9. The van der Waals surface area contributed by atoms with E-state index in [1.165, 1.54) is 24.4 Å². The van der Waals surface area contributed by atoms with Crippen LogP contribution in [-0.2, 0) is 0 Å². The molecule has 0 aliphatic rings. The Kier molecular flexibility index (Phi) is 5.50. The predicted molar refractivity (Wildman–Crippen MR) is 77.4 cm³/mol. The minimum Gasteiger partial charge on any atom is -0.410 e. The summed E-state index contributed by atoms with van der Waals surface area (Å²) in [5, 5.41) is 23.0. The first-order valence-electron chi connectivity index (χ1n) is 5.54. The topological polar surface area (TPSA) is 106 Å². The molecule has 1 heterocycles. The van der Waals surface area contributed by atoms with Gasteiger partial charge in [-0.3, -0.25) is 19.9 Å². The zero-order valence-electron chi connectivity index (χ0n) is 10.5. The Morgan fingerprint density at radius 3 is 2.62 bits per heavy atom.